The van der Waals surface area contributed by atoms with Crippen molar-refractivity contribution in [1.29, 1.82) is 0 Å². The second kappa shape index (κ2) is 10.9. The van der Waals surface area contributed by atoms with Gasteiger partial charge in [0.1, 0.15) is 18.0 Å². The van der Waals surface area contributed by atoms with Gasteiger partial charge < -0.3 is 14.2 Å². The van der Waals surface area contributed by atoms with Gasteiger partial charge in [0, 0.05) is 16.8 Å². The van der Waals surface area contributed by atoms with Gasteiger partial charge in [-0.1, -0.05) is 15.9 Å². The van der Waals surface area contributed by atoms with Crippen molar-refractivity contribution in [2.24, 2.45) is 0 Å². The molecule has 138 valence electrons. The topological polar surface area (TPSA) is 78.9 Å². The summed E-state index contributed by atoms with van der Waals surface area (Å²) in [6.45, 7) is 3.88. The molecule has 0 heterocycles. The Hall–Kier alpha value is -1.89. The molecule has 1 aromatic carbocycles. The minimum absolute atomic E-state index is 0.0183. The summed E-state index contributed by atoms with van der Waals surface area (Å²) in [6, 6.07) is 5.37. The third kappa shape index (κ3) is 7.25. The lowest BCUT2D eigenvalue weighted by molar-refractivity contribution is -0.145. The molecule has 0 aromatic heterocycles. The summed E-state index contributed by atoms with van der Waals surface area (Å²) >= 11 is 3.39. The van der Waals surface area contributed by atoms with Gasteiger partial charge in [-0.25, -0.2) is 0 Å². The fraction of sp³-hybridized carbons (Fsp3) is 0.500. The van der Waals surface area contributed by atoms with Gasteiger partial charge in [0.25, 0.3) is 0 Å². The van der Waals surface area contributed by atoms with Crippen LogP contribution in [0.25, 0.3) is 0 Å². The molecule has 0 bridgehead atoms. The number of carbonyl (C=O) groups excluding carboxylic acids is 3. The molecule has 7 heteroatoms. The molecule has 0 spiro atoms. The van der Waals surface area contributed by atoms with Gasteiger partial charge in [-0.05, 0) is 37.6 Å². The van der Waals surface area contributed by atoms with Crippen LogP contribution in [0.15, 0.2) is 22.7 Å². The second-order valence-electron chi connectivity index (χ2n) is 5.32. The highest BCUT2D eigenvalue weighted by Crippen LogP contribution is 2.34. The number of hydrogen-bond acceptors (Lipinski definition) is 6. The first-order valence-electron chi connectivity index (χ1n) is 8.07. The summed E-state index contributed by atoms with van der Waals surface area (Å²) in [5.74, 6) is -1.15. The van der Waals surface area contributed by atoms with Crippen LogP contribution in [0.4, 0.5) is 0 Å². The Balaban J connectivity index is 3.00. The van der Waals surface area contributed by atoms with Gasteiger partial charge in [0.2, 0.25) is 0 Å². The minimum atomic E-state index is -0.566. The van der Waals surface area contributed by atoms with E-state index >= 15 is 0 Å². The number of ketones is 1. The normalized spacial score (nSPS) is 11.5. The number of methoxy groups -OCH3 is 1. The standard InChI is InChI=1S/C18H23BrO6/c1-4-24-17(21)9-12(8-14(20)11-18(22)25-5-2)15-10-13(19)6-7-16(15)23-3/h6-7,10,12H,4-5,8-9,11H2,1-3H3. The van der Waals surface area contributed by atoms with Crippen LogP contribution in [0, 0.1) is 0 Å². The molecule has 25 heavy (non-hydrogen) atoms. The van der Waals surface area contributed by atoms with Crippen molar-refractivity contribution >= 4 is 33.7 Å². The third-order valence-corrected chi connectivity index (χ3v) is 3.96. The zero-order valence-corrected chi connectivity index (χ0v) is 16.3. The molecule has 0 saturated heterocycles. The average Bonchev–Trinajstić information content (AvgIpc) is 2.54. The highest BCUT2D eigenvalue weighted by molar-refractivity contribution is 9.10. The monoisotopic (exact) mass is 414 g/mol. The summed E-state index contributed by atoms with van der Waals surface area (Å²) in [6.07, 6.45) is -0.275. The van der Waals surface area contributed by atoms with Crippen LogP contribution in [-0.4, -0.2) is 38.0 Å². The van der Waals surface area contributed by atoms with E-state index in [0.717, 1.165) is 4.47 Å². The van der Waals surface area contributed by atoms with E-state index in [-0.39, 0.29) is 38.3 Å². The molecule has 0 aliphatic heterocycles. The number of hydrogen-bond donors (Lipinski definition) is 0. The van der Waals surface area contributed by atoms with Crippen molar-refractivity contribution in [2.45, 2.75) is 39.0 Å². The molecular formula is C18H23BrO6. The SMILES string of the molecule is CCOC(=O)CC(=O)CC(CC(=O)OCC)c1cc(Br)ccc1OC. The van der Waals surface area contributed by atoms with Gasteiger partial charge in [0.15, 0.2) is 0 Å². The van der Waals surface area contributed by atoms with Crippen LogP contribution >= 0.6 is 15.9 Å². The Morgan fingerprint density at radius 1 is 1.04 bits per heavy atom. The summed E-state index contributed by atoms with van der Waals surface area (Å²) in [4.78, 5) is 35.7. The van der Waals surface area contributed by atoms with Crippen molar-refractivity contribution in [3.8, 4) is 5.75 Å². The molecule has 1 aromatic rings. The van der Waals surface area contributed by atoms with Crippen molar-refractivity contribution < 1.29 is 28.6 Å². The van der Waals surface area contributed by atoms with Crippen LogP contribution in [0.5, 0.6) is 5.75 Å². The molecule has 0 aliphatic rings. The van der Waals surface area contributed by atoms with Gasteiger partial charge in [0.05, 0.1) is 26.7 Å². The minimum Gasteiger partial charge on any atom is -0.496 e. The number of esters is 2. The zero-order chi connectivity index (χ0) is 18.8. The van der Waals surface area contributed by atoms with E-state index in [9.17, 15) is 14.4 Å². The molecule has 0 N–H and O–H groups in total. The maximum absolute atomic E-state index is 12.2. The van der Waals surface area contributed by atoms with Gasteiger partial charge in [-0.2, -0.15) is 0 Å². The molecule has 0 radical (unpaired) electrons. The molecule has 0 fully saturated rings. The highest BCUT2D eigenvalue weighted by atomic mass is 79.9. The third-order valence-electron chi connectivity index (χ3n) is 3.47. The first kappa shape index (κ1) is 21.2. The van der Waals surface area contributed by atoms with E-state index < -0.39 is 17.9 Å². The lowest BCUT2D eigenvalue weighted by Gasteiger charge is -2.19. The van der Waals surface area contributed by atoms with Crippen LogP contribution in [0.3, 0.4) is 0 Å². The molecular weight excluding hydrogens is 392 g/mol. The maximum Gasteiger partial charge on any atom is 0.313 e. The fourth-order valence-corrected chi connectivity index (χ4v) is 2.84. The summed E-state index contributed by atoms with van der Waals surface area (Å²) < 4.78 is 16.0. The van der Waals surface area contributed by atoms with Gasteiger partial charge in [-0.3, -0.25) is 14.4 Å². The number of benzene rings is 1. The Labute approximate surface area is 156 Å². The van der Waals surface area contributed by atoms with Crippen molar-refractivity contribution in [3.63, 3.8) is 0 Å². The van der Waals surface area contributed by atoms with Crippen LogP contribution in [-0.2, 0) is 23.9 Å². The molecule has 6 nitrogen and oxygen atoms in total. The number of ether oxygens (including phenoxy) is 3. The molecule has 1 atom stereocenters. The Kier molecular flexibility index (Phi) is 9.20. The lowest BCUT2D eigenvalue weighted by Crippen LogP contribution is -2.17. The van der Waals surface area contributed by atoms with E-state index in [1.807, 2.05) is 6.07 Å². The first-order valence-corrected chi connectivity index (χ1v) is 8.86. The van der Waals surface area contributed by atoms with Crippen LogP contribution < -0.4 is 4.74 Å². The van der Waals surface area contributed by atoms with E-state index in [0.29, 0.717) is 11.3 Å². The van der Waals surface area contributed by atoms with Crippen molar-refractivity contribution in [3.05, 3.63) is 28.2 Å². The van der Waals surface area contributed by atoms with E-state index in [2.05, 4.69) is 15.9 Å². The molecule has 0 saturated carbocycles. The summed E-state index contributed by atoms with van der Waals surface area (Å²) in [5.41, 5.74) is 0.710. The van der Waals surface area contributed by atoms with Crippen molar-refractivity contribution in [2.75, 3.05) is 20.3 Å². The van der Waals surface area contributed by atoms with Gasteiger partial charge >= 0.3 is 11.9 Å². The average molecular weight is 415 g/mol. The summed E-state index contributed by atoms with van der Waals surface area (Å²) in [7, 11) is 1.52. The van der Waals surface area contributed by atoms with E-state index in [1.54, 1.807) is 26.0 Å². The number of carbonyl (C=O) groups is 3. The number of rotatable bonds is 10. The highest BCUT2D eigenvalue weighted by Gasteiger charge is 2.25. The van der Waals surface area contributed by atoms with Crippen LogP contribution in [0.2, 0.25) is 0 Å². The predicted octanol–water partition coefficient (Wildman–Crippen LogP) is 3.41. The molecule has 0 aliphatic carbocycles. The number of halogens is 1. The molecule has 1 rings (SSSR count). The molecule has 1 unspecified atom stereocenters. The lowest BCUT2D eigenvalue weighted by atomic mass is 9.89. The predicted molar refractivity (Wildman–Crippen MR) is 95.6 cm³/mol. The smallest absolute Gasteiger partial charge is 0.313 e. The zero-order valence-electron chi connectivity index (χ0n) is 14.7. The fourth-order valence-electron chi connectivity index (χ4n) is 2.46. The maximum atomic E-state index is 12.2. The Morgan fingerprint density at radius 2 is 1.68 bits per heavy atom. The number of Topliss-reactive ketones (excluding diaryl/α,β-unsaturated/α-hetero) is 1. The Morgan fingerprint density at radius 3 is 2.28 bits per heavy atom. The van der Waals surface area contributed by atoms with Crippen molar-refractivity contribution in [1.82, 2.24) is 0 Å². The first-order chi connectivity index (χ1) is 11.9. The second-order valence-corrected chi connectivity index (χ2v) is 6.23. The quantitative estimate of drug-likeness (QED) is 0.431. The largest absolute Gasteiger partial charge is 0.496 e. The van der Waals surface area contributed by atoms with E-state index in [1.165, 1.54) is 7.11 Å². The van der Waals surface area contributed by atoms with E-state index in [4.69, 9.17) is 14.2 Å². The molecule has 0 amide bonds. The summed E-state index contributed by atoms with van der Waals surface area (Å²) in [5, 5.41) is 0. The van der Waals surface area contributed by atoms with Crippen LogP contribution in [0.1, 0.15) is 44.6 Å². The van der Waals surface area contributed by atoms with Gasteiger partial charge in [-0.15, -0.1) is 0 Å². The Bertz CT molecular complexity index is 614.